The SMILES string of the molecule is NCC1CN(CCOc2cccc3c2OCCO3)C1. The minimum Gasteiger partial charge on any atom is -0.488 e. The third-order valence-electron chi connectivity index (χ3n) is 3.56. The molecule has 0 bridgehead atoms. The standard InChI is InChI=1S/C14H20N2O3/c15-8-11-9-16(10-11)4-5-17-12-2-1-3-13-14(12)19-7-6-18-13/h1-3,11H,4-10,15H2. The highest BCUT2D eigenvalue weighted by Gasteiger charge is 2.25. The number of nitrogens with zero attached hydrogens (tertiary/aromatic N) is 1. The van der Waals surface area contributed by atoms with Crippen LogP contribution in [0.3, 0.4) is 0 Å². The summed E-state index contributed by atoms with van der Waals surface area (Å²) in [6.07, 6.45) is 0. The first-order valence-corrected chi connectivity index (χ1v) is 6.80. The predicted octanol–water partition coefficient (Wildman–Crippen LogP) is 0.727. The van der Waals surface area contributed by atoms with E-state index in [2.05, 4.69) is 4.90 Å². The highest BCUT2D eigenvalue weighted by molar-refractivity contribution is 5.51. The molecule has 1 aromatic carbocycles. The lowest BCUT2D eigenvalue weighted by molar-refractivity contribution is 0.0855. The number of hydrogen-bond donors (Lipinski definition) is 1. The molecule has 0 radical (unpaired) electrons. The second-order valence-electron chi connectivity index (χ2n) is 4.99. The Bertz CT molecular complexity index is 433. The lowest BCUT2D eigenvalue weighted by Crippen LogP contribution is -2.50. The molecule has 1 aromatic rings. The van der Waals surface area contributed by atoms with Crippen molar-refractivity contribution >= 4 is 0 Å². The fraction of sp³-hybridized carbons (Fsp3) is 0.571. The largest absolute Gasteiger partial charge is 0.488 e. The maximum absolute atomic E-state index is 5.80. The first kappa shape index (κ1) is 12.6. The Balaban J connectivity index is 1.50. The highest BCUT2D eigenvalue weighted by atomic mass is 16.6. The fourth-order valence-corrected chi connectivity index (χ4v) is 2.45. The number of hydrogen-bond acceptors (Lipinski definition) is 5. The van der Waals surface area contributed by atoms with Crippen LogP contribution in [-0.4, -0.2) is 50.9 Å². The summed E-state index contributed by atoms with van der Waals surface area (Å²) < 4.78 is 16.9. The highest BCUT2D eigenvalue weighted by Crippen LogP contribution is 2.38. The zero-order valence-corrected chi connectivity index (χ0v) is 11.0. The molecule has 5 nitrogen and oxygen atoms in total. The summed E-state index contributed by atoms with van der Waals surface area (Å²) >= 11 is 0. The Kier molecular flexibility index (Phi) is 3.75. The van der Waals surface area contributed by atoms with Crippen molar-refractivity contribution in [2.75, 3.05) is 46.0 Å². The molecule has 5 heteroatoms. The summed E-state index contributed by atoms with van der Waals surface area (Å²) in [6.45, 7) is 5.74. The lowest BCUT2D eigenvalue weighted by atomic mass is 10.0. The van der Waals surface area contributed by atoms with Crippen LogP contribution in [-0.2, 0) is 0 Å². The molecular weight excluding hydrogens is 244 g/mol. The van der Waals surface area contributed by atoms with Crippen LogP contribution in [0, 0.1) is 5.92 Å². The number of likely N-dealkylation sites (tertiary alicyclic amines) is 1. The second kappa shape index (κ2) is 5.67. The fourth-order valence-electron chi connectivity index (χ4n) is 2.45. The Morgan fingerprint density at radius 3 is 2.95 bits per heavy atom. The summed E-state index contributed by atoms with van der Waals surface area (Å²) in [5.41, 5.74) is 5.60. The van der Waals surface area contributed by atoms with E-state index in [0.717, 1.165) is 43.4 Å². The van der Waals surface area contributed by atoms with Gasteiger partial charge in [-0.2, -0.15) is 0 Å². The van der Waals surface area contributed by atoms with Crippen LogP contribution in [0.25, 0.3) is 0 Å². The molecule has 0 amide bonds. The van der Waals surface area contributed by atoms with E-state index in [0.29, 0.717) is 25.7 Å². The molecule has 0 saturated carbocycles. The van der Waals surface area contributed by atoms with E-state index in [1.165, 1.54) is 0 Å². The van der Waals surface area contributed by atoms with Gasteiger partial charge in [0.15, 0.2) is 11.5 Å². The maximum Gasteiger partial charge on any atom is 0.203 e. The van der Waals surface area contributed by atoms with E-state index in [1.807, 2.05) is 18.2 Å². The van der Waals surface area contributed by atoms with Crippen LogP contribution >= 0.6 is 0 Å². The maximum atomic E-state index is 5.80. The number of benzene rings is 1. The summed E-state index contributed by atoms with van der Waals surface area (Å²) in [4.78, 5) is 2.35. The Hall–Kier alpha value is -1.46. The van der Waals surface area contributed by atoms with Crippen molar-refractivity contribution < 1.29 is 14.2 Å². The van der Waals surface area contributed by atoms with Crippen molar-refractivity contribution in [3.8, 4) is 17.2 Å². The number of nitrogens with two attached hydrogens (primary N) is 1. The van der Waals surface area contributed by atoms with Crippen molar-refractivity contribution in [3.05, 3.63) is 18.2 Å². The number of ether oxygens (including phenoxy) is 3. The predicted molar refractivity (Wildman–Crippen MR) is 71.9 cm³/mol. The molecule has 2 N–H and O–H groups in total. The van der Waals surface area contributed by atoms with Gasteiger partial charge < -0.3 is 19.9 Å². The molecule has 0 unspecified atom stereocenters. The Morgan fingerprint density at radius 1 is 1.26 bits per heavy atom. The minimum atomic E-state index is 0.581. The van der Waals surface area contributed by atoms with E-state index in [9.17, 15) is 0 Å². The molecule has 0 atom stereocenters. The van der Waals surface area contributed by atoms with Crippen molar-refractivity contribution in [2.24, 2.45) is 11.7 Å². The van der Waals surface area contributed by atoms with Gasteiger partial charge in [-0.05, 0) is 24.6 Å². The van der Waals surface area contributed by atoms with Crippen LogP contribution in [0.5, 0.6) is 17.2 Å². The summed E-state index contributed by atoms with van der Waals surface area (Å²) in [5, 5.41) is 0. The van der Waals surface area contributed by atoms with E-state index >= 15 is 0 Å². The summed E-state index contributed by atoms with van der Waals surface area (Å²) in [6, 6.07) is 5.76. The van der Waals surface area contributed by atoms with Gasteiger partial charge in [0.25, 0.3) is 0 Å². The zero-order valence-electron chi connectivity index (χ0n) is 11.0. The smallest absolute Gasteiger partial charge is 0.203 e. The lowest BCUT2D eigenvalue weighted by Gasteiger charge is -2.38. The van der Waals surface area contributed by atoms with Gasteiger partial charge >= 0.3 is 0 Å². The average molecular weight is 264 g/mol. The van der Waals surface area contributed by atoms with E-state index < -0.39 is 0 Å². The van der Waals surface area contributed by atoms with Crippen molar-refractivity contribution in [1.29, 1.82) is 0 Å². The third-order valence-corrected chi connectivity index (χ3v) is 3.56. The van der Waals surface area contributed by atoms with Crippen LogP contribution in [0.4, 0.5) is 0 Å². The van der Waals surface area contributed by atoms with Gasteiger partial charge in [-0.3, -0.25) is 4.90 Å². The molecule has 0 spiro atoms. The van der Waals surface area contributed by atoms with Gasteiger partial charge in [-0.15, -0.1) is 0 Å². The number of rotatable bonds is 5. The molecule has 19 heavy (non-hydrogen) atoms. The molecule has 0 aromatic heterocycles. The summed E-state index contributed by atoms with van der Waals surface area (Å²) in [7, 11) is 0. The van der Waals surface area contributed by atoms with Gasteiger partial charge in [0.1, 0.15) is 19.8 Å². The van der Waals surface area contributed by atoms with Gasteiger partial charge in [0.05, 0.1) is 0 Å². The minimum absolute atomic E-state index is 0.581. The van der Waals surface area contributed by atoms with Crippen LogP contribution in [0.2, 0.25) is 0 Å². The Morgan fingerprint density at radius 2 is 2.11 bits per heavy atom. The van der Waals surface area contributed by atoms with Gasteiger partial charge in [-0.25, -0.2) is 0 Å². The normalized spacial score (nSPS) is 19.0. The van der Waals surface area contributed by atoms with Crippen molar-refractivity contribution in [3.63, 3.8) is 0 Å². The monoisotopic (exact) mass is 264 g/mol. The summed E-state index contributed by atoms with van der Waals surface area (Å²) in [5.74, 6) is 2.95. The average Bonchev–Trinajstić information content (AvgIpc) is 2.41. The van der Waals surface area contributed by atoms with E-state index in [1.54, 1.807) is 0 Å². The molecule has 0 aliphatic carbocycles. The topological polar surface area (TPSA) is 57.0 Å². The van der Waals surface area contributed by atoms with E-state index in [-0.39, 0.29) is 0 Å². The molecule has 1 fully saturated rings. The van der Waals surface area contributed by atoms with Crippen LogP contribution in [0.15, 0.2) is 18.2 Å². The van der Waals surface area contributed by atoms with Crippen LogP contribution < -0.4 is 19.9 Å². The molecule has 2 aliphatic rings. The second-order valence-corrected chi connectivity index (χ2v) is 4.99. The molecule has 2 heterocycles. The molecule has 104 valence electrons. The zero-order chi connectivity index (χ0) is 13.1. The van der Waals surface area contributed by atoms with Gasteiger partial charge in [-0.1, -0.05) is 6.07 Å². The quantitative estimate of drug-likeness (QED) is 0.849. The third kappa shape index (κ3) is 2.77. The van der Waals surface area contributed by atoms with Gasteiger partial charge in [0, 0.05) is 19.6 Å². The number of para-hydroxylation sites is 1. The number of fused-ring (bicyclic) bond motifs is 1. The molecular formula is C14H20N2O3. The molecule has 1 saturated heterocycles. The first-order valence-electron chi connectivity index (χ1n) is 6.80. The van der Waals surface area contributed by atoms with Gasteiger partial charge in [0.2, 0.25) is 5.75 Å². The first-order chi connectivity index (χ1) is 9.36. The van der Waals surface area contributed by atoms with Crippen molar-refractivity contribution in [1.82, 2.24) is 4.90 Å². The van der Waals surface area contributed by atoms with Crippen LogP contribution in [0.1, 0.15) is 0 Å². The molecule has 3 rings (SSSR count). The Labute approximate surface area is 113 Å². The van der Waals surface area contributed by atoms with E-state index in [4.69, 9.17) is 19.9 Å². The van der Waals surface area contributed by atoms with Crippen molar-refractivity contribution in [2.45, 2.75) is 0 Å². The molecule has 2 aliphatic heterocycles.